The van der Waals surface area contributed by atoms with E-state index in [2.05, 4.69) is 258 Å². The molecule has 11 aromatic rings. The largest absolute Gasteiger partial charge is 0.256 e. The fourth-order valence-corrected chi connectivity index (χ4v) is 12.2. The molecular weight excluding hydrogens is 955 g/mol. The van der Waals surface area contributed by atoms with E-state index in [-0.39, 0.29) is 16.2 Å². The van der Waals surface area contributed by atoms with E-state index in [0.29, 0.717) is 0 Å². The highest BCUT2D eigenvalue weighted by molar-refractivity contribution is 5.93. The van der Waals surface area contributed by atoms with Crippen molar-refractivity contribution in [3.63, 3.8) is 0 Å². The minimum absolute atomic E-state index is 0.0564. The Morgan fingerprint density at radius 2 is 0.722 bits per heavy atom. The fraction of sp³-hybridized carbons (Fsp3) is 0.171. The van der Waals surface area contributed by atoms with E-state index in [1.165, 1.54) is 83.5 Å². The molecule has 0 atom stereocenters. The number of aromatic nitrogens is 3. The van der Waals surface area contributed by atoms with Crippen molar-refractivity contribution in [3.8, 4) is 89.4 Å². The molecule has 79 heavy (non-hydrogen) atoms. The van der Waals surface area contributed by atoms with Gasteiger partial charge < -0.3 is 0 Å². The second kappa shape index (κ2) is 21.2. The molecule has 0 fully saturated rings. The third kappa shape index (κ3) is 10.1. The molecule has 386 valence electrons. The Bertz CT molecular complexity index is 3820. The molecule has 1 aliphatic carbocycles. The molecule has 0 aliphatic heterocycles. The first-order valence-corrected chi connectivity index (χ1v) is 28.0. The molecule has 0 saturated heterocycles. The summed E-state index contributed by atoms with van der Waals surface area (Å²) in [6.07, 6.45) is 9.39. The summed E-state index contributed by atoms with van der Waals surface area (Å²) in [5, 5.41) is 0. The monoisotopic (exact) mass is 1020 g/mol. The van der Waals surface area contributed by atoms with Crippen LogP contribution in [0.15, 0.2) is 249 Å². The van der Waals surface area contributed by atoms with E-state index in [0.717, 1.165) is 65.0 Å². The quantitative estimate of drug-likeness (QED) is 0.109. The molecule has 0 unspecified atom stereocenters. The summed E-state index contributed by atoms with van der Waals surface area (Å²) < 4.78 is 0. The first-order chi connectivity index (χ1) is 38.4. The maximum absolute atomic E-state index is 5.00. The molecule has 3 heteroatoms. The van der Waals surface area contributed by atoms with Gasteiger partial charge in [0.1, 0.15) is 0 Å². The van der Waals surface area contributed by atoms with Crippen molar-refractivity contribution in [2.24, 2.45) is 5.41 Å². The predicted molar refractivity (Wildman–Crippen MR) is 331 cm³/mol. The minimum atomic E-state index is 0.0564. The number of aryl methyl sites for hydroxylation is 4. The normalized spacial score (nSPS) is 13.9. The van der Waals surface area contributed by atoms with E-state index in [1.807, 2.05) is 42.9 Å². The average molecular weight is 1020 g/mol. The second-order valence-electron chi connectivity index (χ2n) is 23.2. The fourth-order valence-electron chi connectivity index (χ4n) is 12.2. The summed E-state index contributed by atoms with van der Waals surface area (Å²) in [6.45, 7) is 14.5. The third-order valence-corrected chi connectivity index (χ3v) is 18.0. The van der Waals surface area contributed by atoms with Crippen LogP contribution in [0.25, 0.3) is 89.4 Å². The molecule has 3 nitrogen and oxygen atoms in total. The highest BCUT2D eigenvalue weighted by Crippen LogP contribution is 2.62. The number of nitrogens with zero attached hydrogens (tertiary/aromatic N) is 3. The van der Waals surface area contributed by atoms with Crippen LogP contribution in [0.1, 0.15) is 74.9 Å². The Labute approximate surface area is 467 Å². The van der Waals surface area contributed by atoms with Crippen LogP contribution < -0.4 is 0 Å². The summed E-state index contributed by atoms with van der Waals surface area (Å²) >= 11 is 0. The Balaban J connectivity index is 0.859. The van der Waals surface area contributed by atoms with Crippen LogP contribution in [0.5, 0.6) is 0 Å². The molecule has 12 rings (SSSR count). The van der Waals surface area contributed by atoms with Crippen molar-refractivity contribution in [2.45, 2.75) is 78.1 Å². The predicted octanol–water partition coefficient (Wildman–Crippen LogP) is 19.4. The van der Waals surface area contributed by atoms with Crippen LogP contribution in [0.4, 0.5) is 0 Å². The van der Waals surface area contributed by atoms with Crippen molar-refractivity contribution >= 4 is 0 Å². The van der Waals surface area contributed by atoms with Crippen molar-refractivity contribution in [1.29, 1.82) is 0 Å². The van der Waals surface area contributed by atoms with Crippen LogP contribution in [-0.4, -0.2) is 15.0 Å². The van der Waals surface area contributed by atoms with Crippen molar-refractivity contribution in [1.82, 2.24) is 15.0 Å². The molecular formula is C76H67N3. The lowest BCUT2D eigenvalue weighted by Gasteiger charge is -2.44. The summed E-state index contributed by atoms with van der Waals surface area (Å²) in [6, 6.07) is 84.6. The highest BCUT2D eigenvalue weighted by atomic mass is 14.7. The van der Waals surface area contributed by atoms with Gasteiger partial charge in [-0.3, -0.25) is 15.0 Å². The Kier molecular flexibility index (Phi) is 13.7. The standard InChI is InChI=1S/C76H67N3/c1-74(2)69-41-39-61(50-70(69)75(3,4)76(74,5)6)56-34-36-57(37-35-56)62-42-45-79-73(51-62)63-38-40-67(68(49-63)58-16-8-7-9-17-58)66-19-11-10-18-65(66)64-47-54(24-22-52-26-30-59(31-27-52)71-20-12-14-43-77-71)46-55(48-64)25-23-53-28-32-60(33-29-53)72-21-13-15-44-78-72/h7-21,26-51H,22-25H2,1-6H3. The summed E-state index contributed by atoms with van der Waals surface area (Å²) in [5.41, 5.74) is 26.8. The molecule has 0 radical (unpaired) electrons. The van der Waals surface area contributed by atoms with E-state index in [1.54, 1.807) is 0 Å². The topological polar surface area (TPSA) is 38.7 Å². The van der Waals surface area contributed by atoms with Gasteiger partial charge in [0.15, 0.2) is 0 Å². The zero-order valence-electron chi connectivity index (χ0n) is 46.3. The van der Waals surface area contributed by atoms with Gasteiger partial charge in [0, 0.05) is 35.3 Å². The molecule has 0 amide bonds. The van der Waals surface area contributed by atoms with Crippen molar-refractivity contribution in [2.75, 3.05) is 0 Å². The van der Waals surface area contributed by atoms with Crippen LogP contribution in [-0.2, 0) is 36.5 Å². The first kappa shape index (κ1) is 51.0. The summed E-state index contributed by atoms with van der Waals surface area (Å²) in [7, 11) is 0. The van der Waals surface area contributed by atoms with Crippen LogP contribution in [0, 0.1) is 5.41 Å². The molecule has 3 aromatic heterocycles. The van der Waals surface area contributed by atoms with Crippen molar-refractivity contribution in [3.05, 3.63) is 282 Å². The van der Waals surface area contributed by atoms with E-state index < -0.39 is 0 Å². The smallest absolute Gasteiger partial charge is 0.0708 e. The van der Waals surface area contributed by atoms with Crippen LogP contribution >= 0.6 is 0 Å². The Morgan fingerprint density at radius 1 is 0.253 bits per heavy atom. The van der Waals surface area contributed by atoms with Gasteiger partial charge in [-0.2, -0.15) is 0 Å². The van der Waals surface area contributed by atoms with Gasteiger partial charge in [0.2, 0.25) is 0 Å². The number of benzene rings is 8. The zero-order valence-corrected chi connectivity index (χ0v) is 46.3. The molecule has 8 aromatic carbocycles. The average Bonchev–Trinajstić information content (AvgIpc) is 3.65. The maximum Gasteiger partial charge on any atom is 0.0708 e. The molecule has 1 aliphatic rings. The minimum Gasteiger partial charge on any atom is -0.256 e. The Hall–Kier alpha value is -8.79. The molecule has 0 bridgehead atoms. The number of pyridine rings is 3. The lowest BCUT2D eigenvalue weighted by Crippen LogP contribution is -2.42. The van der Waals surface area contributed by atoms with Crippen molar-refractivity contribution < 1.29 is 0 Å². The van der Waals surface area contributed by atoms with E-state index >= 15 is 0 Å². The molecule has 3 heterocycles. The third-order valence-electron chi connectivity index (χ3n) is 18.0. The number of fused-ring (bicyclic) bond motifs is 1. The van der Waals surface area contributed by atoms with E-state index in [4.69, 9.17) is 4.98 Å². The van der Waals surface area contributed by atoms with Gasteiger partial charge in [-0.1, -0.05) is 230 Å². The van der Waals surface area contributed by atoms with Gasteiger partial charge in [-0.05, 0) is 173 Å². The van der Waals surface area contributed by atoms with Crippen LogP contribution in [0.2, 0.25) is 0 Å². The summed E-state index contributed by atoms with van der Waals surface area (Å²) in [4.78, 5) is 14.2. The van der Waals surface area contributed by atoms with Gasteiger partial charge in [0.05, 0.1) is 17.1 Å². The molecule has 0 spiro atoms. The highest BCUT2D eigenvalue weighted by Gasteiger charge is 2.56. The van der Waals surface area contributed by atoms with E-state index in [9.17, 15) is 0 Å². The number of rotatable bonds is 14. The number of hydrogen-bond donors (Lipinski definition) is 0. The Morgan fingerprint density at radius 3 is 1.30 bits per heavy atom. The maximum atomic E-state index is 5.00. The summed E-state index contributed by atoms with van der Waals surface area (Å²) in [5.74, 6) is 0. The van der Waals surface area contributed by atoms with Gasteiger partial charge in [-0.15, -0.1) is 0 Å². The first-order valence-electron chi connectivity index (χ1n) is 28.0. The molecule has 0 saturated carbocycles. The zero-order chi connectivity index (χ0) is 54.1. The van der Waals surface area contributed by atoms with Crippen LogP contribution in [0.3, 0.4) is 0 Å². The van der Waals surface area contributed by atoms with Gasteiger partial charge >= 0.3 is 0 Å². The SMILES string of the molecule is CC1(C)c2ccc(-c3ccc(-c4ccnc(-c5ccc(-c6ccccc6-c6cc(CCc7ccc(-c8ccccn8)cc7)cc(CCc7ccc(-c8ccccn8)cc7)c6)c(-c6ccccc6)c5)c4)cc3)cc2C(C)(C)C1(C)C. The van der Waals surface area contributed by atoms with Gasteiger partial charge in [-0.25, -0.2) is 0 Å². The number of hydrogen-bond acceptors (Lipinski definition) is 3. The molecule has 0 N–H and O–H groups in total. The lowest BCUT2D eigenvalue weighted by atomic mass is 9.59. The second-order valence-corrected chi connectivity index (χ2v) is 23.2. The lowest BCUT2D eigenvalue weighted by molar-refractivity contribution is 0.125. The van der Waals surface area contributed by atoms with Gasteiger partial charge in [0.25, 0.3) is 0 Å².